The summed E-state index contributed by atoms with van der Waals surface area (Å²) in [5, 5.41) is 1.11. The maximum atomic E-state index is 5.96. The van der Waals surface area contributed by atoms with Gasteiger partial charge in [0.05, 0.1) is 17.8 Å². The van der Waals surface area contributed by atoms with Crippen LogP contribution in [0, 0.1) is 0 Å². The van der Waals surface area contributed by atoms with Crippen LogP contribution in [-0.2, 0) is 6.54 Å². The zero-order valence-corrected chi connectivity index (χ0v) is 10.6. The Kier molecular flexibility index (Phi) is 3.57. The van der Waals surface area contributed by atoms with Crippen LogP contribution in [0.4, 0.5) is 5.69 Å². The molecule has 0 saturated carbocycles. The molecule has 3 nitrogen and oxygen atoms in total. The molecule has 0 aliphatic heterocycles. The SMILES string of the molecule is CCCCOc1ccc2c(N)cn(CC)c2c1. The van der Waals surface area contributed by atoms with E-state index in [0.717, 1.165) is 48.3 Å². The molecule has 0 amide bonds. The lowest BCUT2D eigenvalue weighted by Gasteiger charge is -2.06. The van der Waals surface area contributed by atoms with Crippen LogP contribution < -0.4 is 10.5 Å². The Morgan fingerprint density at radius 3 is 2.82 bits per heavy atom. The van der Waals surface area contributed by atoms with Gasteiger partial charge >= 0.3 is 0 Å². The Bertz CT molecular complexity index is 502. The van der Waals surface area contributed by atoms with Crippen LogP contribution in [-0.4, -0.2) is 11.2 Å². The minimum atomic E-state index is 0.782. The highest BCUT2D eigenvalue weighted by molar-refractivity contribution is 5.92. The highest BCUT2D eigenvalue weighted by Crippen LogP contribution is 2.27. The fourth-order valence-corrected chi connectivity index (χ4v) is 1.99. The van der Waals surface area contributed by atoms with Crippen LogP contribution >= 0.6 is 0 Å². The molecule has 0 aliphatic rings. The van der Waals surface area contributed by atoms with Gasteiger partial charge in [0.25, 0.3) is 0 Å². The van der Waals surface area contributed by atoms with Crippen LogP contribution in [0.2, 0.25) is 0 Å². The average Bonchev–Trinajstić information content (AvgIpc) is 2.66. The Balaban J connectivity index is 2.29. The second-order valence-corrected chi connectivity index (χ2v) is 4.25. The summed E-state index contributed by atoms with van der Waals surface area (Å²) in [5.41, 5.74) is 7.95. The number of aromatic nitrogens is 1. The number of nitrogens with zero attached hydrogens (tertiary/aromatic N) is 1. The Morgan fingerprint density at radius 1 is 1.29 bits per heavy atom. The number of fused-ring (bicyclic) bond motifs is 1. The third-order valence-electron chi connectivity index (χ3n) is 2.99. The molecule has 1 aromatic carbocycles. The van der Waals surface area contributed by atoms with E-state index in [1.165, 1.54) is 0 Å². The summed E-state index contributed by atoms with van der Waals surface area (Å²) >= 11 is 0. The van der Waals surface area contributed by atoms with Crippen molar-refractivity contribution in [3.8, 4) is 5.75 Å². The van der Waals surface area contributed by atoms with Gasteiger partial charge in [0.15, 0.2) is 0 Å². The monoisotopic (exact) mass is 232 g/mol. The first-order valence-electron chi connectivity index (χ1n) is 6.27. The van der Waals surface area contributed by atoms with Crippen LogP contribution in [0.15, 0.2) is 24.4 Å². The Labute approximate surface area is 102 Å². The fraction of sp³-hybridized carbons (Fsp3) is 0.429. The molecular weight excluding hydrogens is 212 g/mol. The lowest BCUT2D eigenvalue weighted by atomic mass is 10.2. The van der Waals surface area contributed by atoms with Crippen LogP contribution in [0.25, 0.3) is 10.9 Å². The smallest absolute Gasteiger partial charge is 0.121 e. The highest BCUT2D eigenvalue weighted by Gasteiger charge is 2.06. The first kappa shape index (κ1) is 11.8. The quantitative estimate of drug-likeness (QED) is 0.802. The lowest BCUT2D eigenvalue weighted by molar-refractivity contribution is 0.309. The van der Waals surface area contributed by atoms with E-state index in [9.17, 15) is 0 Å². The number of hydrogen-bond acceptors (Lipinski definition) is 2. The third-order valence-corrected chi connectivity index (χ3v) is 2.99. The Morgan fingerprint density at radius 2 is 2.12 bits per heavy atom. The molecule has 2 N–H and O–H groups in total. The van der Waals surface area contributed by atoms with Crippen LogP contribution in [0.5, 0.6) is 5.75 Å². The van der Waals surface area contributed by atoms with E-state index in [4.69, 9.17) is 10.5 Å². The molecule has 3 heteroatoms. The number of hydrogen-bond donors (Lipinski definition) is 1. The molecule has 0 aliphatic carbocycles. The summed E-state index contributed by atoms with van der Waals surface area (Å²) in [6, 6.07) is 6.11. The van der Waals surface area contributed by atoms with Crippen molar-refractivity contribution in [3.63, 3.8) is 0 Å². The lowest BCUT2D eigenvalue weighted by Crippen LogP contribution is -1.97. The summed E-state index contributed by atoms with van der Waals surface area (Å²) in [7, 11) is 0. The minimum absolute atomic E-state index is 0.782. The van der Waals surface area contributed by atoms with Crippen molar-refractivity contribution in [1.82, 2.24) is 4.57 Å². The summed E-state index contributed by atoms with van der Waals surface area (Å²) < 4.78 is 7.86. The standard InChI is InChI=1S/C14H20N2O/c1-3-5-8-17-11-6-7-12-13(15)10-16(4-2)14(12)9-11/h6-7,9-10H,3-5,8,15H2,1-2H3. The molecule has 0 atom stereocenters. The molecule has 0 saturated heterocycles. The number of ether oxygens (including phenoxy) is 1. The number of anilines is 1. The second kappa shape index (κ2) is 5.13. The number of aryl methyl sites for hydroxylation is 1. The van der Waals surface area contributed by atoms with Crippen LogP contribution in [0.3, 0.4) is 0 Å². The van der Waals surface area contributed by atoms with Crippen LogP contribution in [0.1, 0.15) is 26.7 Å². The van der Waals surface area contributed by atoms with Gasteiger partial charge in [0.2, 0.25) is 0 Å². The molecule has 0 bridgehead atoms. The summed E-state index contributed by atoms with van der Waals surface area (Å²) in [4.78, 5) is 0. The van der Waals surface area contributed by atoms with E-state index >= 15 is 0 Å². The minimum Gasteiger partial charge on any atom is -0.494 e. The number of nitrogens with two attached hydrogens (primary N) is 1. The molecular formula is C14H20N2O. The van der Waals surface area contributed by atoms with Gasteiger partial charge in [-0.15, -0.1) is 0 Å². The molecule has 1 aromatic heterocycles. The van der Waals surface area contributed by atoms with Crippen molar-refractivity contribution in [3.05, 3.63) is 24.4 Å². The number of rotatable bonds is 5. The number of nitrogen functional groups attached to an aromatic ring is 1. The van der Waals surface area contributed by atoms with Gasteiger partial charge in [-0.3, -0.25) is 0 Å². The Hall–Kier alpha value is -1.64. The van der Waals surface area contributed by atoms with Crippen molar-refractivity contribution >= 4 is 16.6 Å². The molecule has 0 radical (unpaired) electrons. The summed E-state index contributed by atoms with van der Waals surface area (Å²) in [6.07, 6.45) is 4.23. The molecule has 1 heterocycles. The summed E-state index contributed by atoms with van der Waals surface area (Å²) in [6.45, 7) is 5.98. The van der Waals surface area contributed by atoms with Gasteiger partial charge in [-0.1, -0.05) is 13.3 Å². The normalized spacial score (nSPS) is 10.9. The largest absolute Gasteiger partial charge is 0.494 e. The molecule has 0 fully saturated rings. The van der Waals surface area contributed by atoms with Crippen molar-refractivity contribution in [1.29, 1.82) is 0 Å². The zero-order chi connectivity index (χ0) is 12.3. The summed E-state index contributed by atoms with van der Waals surface area (Å²) in [5.74, 6) is 0.929. The van der Waals surface area contributed by atoms with E-state index < -0.39 is 0 Å². The van der Waals surface area contributed by atoms with Gasteiger partial charge in [0, 0.05) is 24.2 Å². The maximum Gasteiger partial charge on any atom is 0.121 e. The molecule has 17 heavy (non-hydrogen) atoms. The molecule has 2 aromatic rings. The van der Waals surface area contributed by atoms with Crippen molar-refractivity contribution in [2.45, 2.75) is 33.2 Å². The highest BCUT2D eigenvalue weighted by atomic mass is 16.5. The van der Waals surface area contributed by atoms with Crippen molar-refractivity contribution in [2.24, 2.45) is 0 Å². The average molecular weight is 232 g/mol. The third kappa shape index (κ3) is 2.38. The van der Waals surface area contributed by atoms with E-state index in [1.807, 2.05) is 18.3 Å². The molecule has 0 spiro atoms. The van der Waals surface area contributed by atoms with Gasteiger partial charge in [-0.05, 0) is 25.5 Å². The number of benzene rings is 1. The first-order chi connectivity index (χ1) is 8.26. The van der Waals surface area contributed by atoms with Crippen molar-refractivity contribution in [2.75, 3.05) is 12.3 Å². The van der Waals surface area contributed by atoms with E-state index in [1.54, 1.807) is 0 Å². The maximum absolute atomic E-state index is 5.96. The van der Waals surface area contributed by atoms with Crippen molar-refractivity contribution < 1.29 is 4.74 Å². The number of unbranched alkanes of at least 4 members (excludes halogenated alkanes) is 1. The predicted molar refractivity (Wildman–Crippen MR) is 72.4 cm³/mol. The molecule has 0 unspecified atom stereocenters. The first-order valence-corrected chi connectivity index (χ1v) is 6.27. The predicted octanol–water partition coefficient (Wildman–Crippen LogP) is 3.42. The fourth-order valence-electron chi connectivity index (χ4n) is 1.99. The van der Waals surface area contributed by atoms with Gasteiger partial charge in [-0.2, -0.15) is 0 Å². The molecule has 92 valence electrons. The second-order valence-electron chi connectivity index (χ2n) is 4.25. The van der Waals surface area contributed by atoms with Gasteiger partial charge in [0.1, 0.15) is 5.75 Å². The van der Waals surface area contributed by atoms with E-state index in [2.05, 4.69) is 24.5 Å². The molecule has 2 rings (SSSR count). The topological polar surface area (TPSA) is 40.2 Å². The van der Waals surface area contributed by atoms with E-state index in [-0.39, 0.29) is 0 Å². The van der Waals surface area contributed by atoms with E-state index in [0.29, 0.717) is 0 Å². The van der Waals surface area contributed by atoms with Gasteiger partial charge < -0.3 is 15.0 Å². The zero-order valence-electron chi connectivity index (χ0n) is 10.6. The van der Waals surface area contributed by atoms with Gasteiger partial charge in [-0.25, -0.2) is 0 Å².